The number of anilines is 2. The molecule has 3 rings (SSSR count). The first-order valence-corrected chi connectivity index (χ1v) is 8.93. The molecule has 8 nitrogen and oxygen atoms in total. The van der Waals surface area contributed by atoms with Crippen molar-refractivity contribution in [3.05, 3.63) is 36.0 Å². The fourth-order valence-electron chi connectivity index (χ4n) is 2.52. The third kappa shape index (κ3) is 4.44. The van der Waals surface area contributed by atoms with Crippen LogP contribution in [0.2, 0.25) is 0 Å². The van der Waals surface area contributed by atoms with Crippen molar-refractivity contribution < 1.29 is 9.59 Å². The minimum atomic E-state index is -0.634. The average Bonchev–Trinajstić information content (AvgIpc) is 3.15. The number of amides is 3. The van der Waals surface area contributed by atoms with E-state index in [1.165, 1.54) is 11.3 Å². The average molecular weight is 360 g/mol. The summed E-state index contributed by atoms with van der Waals surface area (Å²) >= 11 is 1.34. The molecule has 25 heavy (non-hydrogen) atoms. The van der Waals surface area contributed by atoms with Gasteiger partial charge in [0.1, 0.15) is 11.9 Å². The highest BCUT2D eigenvalue weighted by atomic mass is 32.1. The number of nitrogens with one attached hydrogen (secondary N) is 2. The van der Waals surface area contributed by atoms with E-state index in [-0.39, 0.29) is 11.9 Å². The van der Waals surface area contributed by atoms with Crippen LogP contribution < -0.4 is 15.5 Å². The normalized spacial score (nSPS) is 15.6. The van der Waals surface area contributed by atoms with Crippen molar-refractivity contribution in [2.45, 2.75) is 13.0 Å². The van der Waals surface area contributed by atoms with E-state index < -0.39 is 6.04 Å². The van der Waals surface area contributed by atoms with Gasteiger partial charge in [-0.05, 0) is 19.1 Å². The number of pyridine rings is 1. The van der Waals surface area contributed by atoms with E-state index in [9.17, 15) is 9.59 Å². The van der Waals surface area contributed by atoms with E-state index in [4.69, 9.17) is 0 Å². The summed E-state index contributed by atoms with van der Waals surface area (Å²) < 4.78 is 0. The summed E-state index contributed by atoms with van der Waals surface area (Å²) in [5, 5.41) is 7.71. The highest BCUT2D eigenvalue weighted by Gasteiger charge is 2.24. The predicted octanol–water partition coefficient (Wildman–Crippen LogP) is 1.40. The van der Waals surface area contributed by atoms with Crippen molar-refractivity contribution >= 4 is 34.2 Å². The molecule has 9 heteroatoms. The SMILES string of the molecule is C[C@H](NC(=O)N1CCN(c2ccccn2)CC1)C(=O)Nc1nccs1. The minimum absolute atomic E-state index is 0.234. The Labute approximate surface area is 149 Å². The number of rotatable bonds is 4. The lowest BCUT2D eigenvalue weighted by molar-refractivity contribution is -0.117. The fraction of sp³-hybridized carbons (Fsp3) is 0.375. The van der Waals surface area contributed by atoms with Gasteiger partial charge >= 0.3 is 6.03 Å². The summed E-state index contributed by atoms with van der Waals surface area (Å²) in [6.07, 6.45) is 3.38. The Bertz CT molecular complexity index is 701. The van der Waals surface area contributed by atoms with Gasteiger partial charge in [0.15, 0.2) is 5.13 Å². The Morgan fingerprint density at radius 1 is 1.16 bits per heavy atom. The van der Waals surface area contributed by atoms with Crippen LogP contribution in [0.4, 0.5) is 15.7 Å². The van der Waals surface area contributed by atoms with Gasteiger partial charge in [-0.2, -0.15) is 0 Å². The number of hydrogen-bond acceptors (Lipinski definition) is 6. The van der Waals surface area contributed by atoms with Gasteiger partial charge in [-0.3, -0.25) is 4.79 Å². The molecule has 0 bridgehead atoms. The Hall–Kier alpha value is -2.68. The summed E-state index contributed by atoms with van der Waals surface area (Å²) in [7, 11) is 0. The molecule has 132 valence electrons. The quantitative estimate of drug-likeness (QED) is 0.860. The zero-order chi connectivity index (χ0) is 17.6. The van der Waals surface area contributed by atoms with E-state index in [1.807, 2.05) is 18.2 Å². The maximum Gasteiger partial charge on any atom is 0.318 e. The smallest absolute Gasteiger partial charge is 0.318 e. The number of hydrogen-bond donors (Lipinski definition) is 2. The largest absolute Gasteiger partial charge is 0.353 e. The van der Waals surface area contributed by atoms with Crippen molar-refractivity contribution in [2.75, 3.05) is 36.4 Å². The molecular formula is C16H20N6O2S. The summed E-state index contributed by atoms with van der Waals surface area (Å²) in [5.74, 6) is 0.633. The van der Waals surface area contributed by atoms with Crippen LogP contribution >= 0.6 is 11.3 Å². The molecular weight excluding hydrogens is 340 g/mol. The van der Waals surface area contributed by atoms with Crippen LogP contribution in [0.3, 0.4) is 0 Å². The van der Waals surface area contributed by atoms with E-state index in [1.54, 1.807) is 29.6 Å². The highest BCUT2D eigenvalue weighted by molar-refractivity contribution is 7.13. The zero-order valence-corrected chi connectivity index (χ0v) is 14.7. The molecule has 1 aliphatic heterocycles. The van der Waals surface area contributed by atoms with Gasteiger partial charge in [-0.15, -0.1) is 11.3 Å². The second-order valence-corrected chi connectivity index (χ2v) is 6.55. The molecule has 1 atom stereocenters. The third-order valence-electron chi connectivity index (χ3n) is 3.94. The van der Waals surface area contributed by atoms with Crippen LogP contribution in [0, 0.1) is 0 Å². The standard InChI is InChI=1S/C16H20N6O2S/c1-12(14(23)20-15-18-6-11-25-15)19-16(24)22-9-7-21(8-10-22)13-4-2-3-5-17-13/h2-6,11-12H,7-10H2,1H3,(H,19,24)(H,18,20,23)/t12-/m0/s1. The van der Waals surface area contributed by atoms with E-state index in [0.29, 0.717) is 31.3 Å². The number of thiazole rings is 1. The van der Waals surface area contributed by atoms with Gasteiger partial charge in [0.05, 0.1) is 0 Å². The van der Waals surface area contributed by atoms with Gasteiger partial charge < -0.3 is 20.4 Å². The molecule has 2 N–H and O–H groups in total. The number of nitrogens with zero attached hydrogens (tertiary/aromatic N) is 4. The van der Waals surface area contributed by atoms with Crippen molar-refractivity contribution in [1.29, 1.82) is 0 Å². The van der Waals surface area contributed by atoms with Crippen molar-refractivity contribution in [1.82, 2.24) is 20.2 Å². The Morgan fingerprint density at radius 3 is 2.60 bits per heavy atom. The Balaban J connectivity index is 1.46. The summed E-state index contributed by atoms with van der Waals surface area (Å²) in [6.45, 7) is 4.26. The number of piperazine rings is 1. The van der Waals surface area contributed by atoms with Gasteiger partial charge in [0.25, 0.3) is 0 Å². The molecule has 0 radical (unpaired) electrons. The number of carbonyl (C=O) groups is 2. The lowest BCUT2D eigenvalue weighted by Gasteiger charge is -2.35. The van der Waals surface area contributed by atoms with Crippen LogP contribution in [-0.2, 0) is 4.79 Å². The molecule has 0 spiro atoms. The molecule has 1 saturated heterocycles. The summed E-state index contributed by atoms with van der Waals surface area (Å²) in [4.78, 5) is 36.6. The van der Waals surface area contributed by atoms with Crippen molar-refractivity contribution in [2.24, 2.45) is 0 Å². The fourth-order valence-corrected chi connectivity index (χ4v) is 3.05. The first-order chi connectivity index (χ1) is 12.1. The molecule has 2 aromatic heterocycles. The molecule has 0 aromatic carbocycles. The maximum atomic E-state index is 12.3. The van der Waals surface area contributed by atoms with E-state index in [0.717, 1.165) is 5.82 Å². The summed E-state index contributed by atoms with van der Waals surface area (Å²) in [5.41, 5.74) is 0. The van der Waals surface area contributed by atoms with Crippen LogP contribution in [0.5, 0.6) is 0 Å². The maximum absolute atomic E-state index is 12.3. The number of aromatic nitrogens is 2. The summed E-state index contributed by atoms with van der Waals surface area (Å²) in [6, 6.07) is 4.92. The number of urea groups is 1. The van der Waals surface area contributed by atoms with Crippen LogP contribution in [0.15, 0.2) is 36.0 Å². The number of carbonyl (C=O) groups excluding carboxylic acids is 2. The van der Waals surface area contributed by atoms with Crippen LogP contribution in [-0.4, -0.2) is 59.0 Å². The Morgan fingerprint density at radius 2 is 1.96 bits per heavy atom. The lowest BCUT2D eigenvalue weighted by Crippen LogP contribution is -2.54. The first kappa shape index (κ1) is 17.2. The molecule has 0 saturated carbocycles. The second-order valence-electron chi connectivity index (χ2n) is 5.66. The zero-order valence-electron chi connectivity index (χ0n) is 13.9. The topological polar surface area (TPSA) is 90.5 Å². The molecule has 2 aromatic rings. The first-order valence-electron chi connectivity index (χ1n) is 8.05. The minimum Gasteiger partial charge on any atom is -0.353 e. The molecule has 3 heterocycles. The molecule has 1 aliphatic rings. The lowest BCUT2D eigenvalue weighted by atomic mass is 10.3. The van der Waals surface area contributed by atoms with E-state index >= 15 is 0 Å². The predicted molar refractivity (Wildman–Crippen MR) is 96.8 cm³/mol. The molecule has 1 fully saturated rings. The van der Waals surface area contributed by atoms with Crippen LogP contribution in [0.25, 0.3) is 0 Å². The van der Waals surface area contributed by atoms with Gasteiger partial charge in [0, 0.05) is 44.0 Å². The van der Waals surface area contributed by atoms with Crippen molar-refractivity contribution in [3.63, 3.8) is 0 Å². The monoisotopic (exact) mass is 360 g/mol. The third-order valence-corrected chi connectivity index (χ3v) is 4.62. The second kappa shape index (κ2) is 7.93. The molecule has 0 unspecified atom stereocenters. The van der Waals surface area contributed by atoms with Gasteiger partial charge in [0.2, 0.25) is 5.91 Å². The highest BCUT2D eigenvalue weighted by Crippen LogP contribution is 2.13. The Kier molecular flexibility index (Phi) is 5.44. The molecule has 0 aliphatic carbocycles. The van der Waals surface area contributed by atoms with Gasteiger partial charge in [-0.1, -0.05) is 6.07 Å². The van der Waals surface area contributed by atoms with Gasteiger partial charge in [-0.25, -0.2) is 14.8 Å². The van der Waals surface area contributed by atoms with E-state index in [2.05, 4.69) is 25.5 Å². The molecule has 3 amide bonds. The van der Waals surface area contributed by atoms with Crippen molar-refractivity contribution in [3.8, 4) is 0 Å². The van der Waals surface area contributed by atoms with Crippen LogP contribution in [0.1, 0.15) is 6.92 Å².